The molecule has 103 heavy (non-hydrogen) atoms. The Labute approximate surface area is 572 Å². The number of amides is 5. The van der Waals surface area contributed by atoms with Crippen molar-refractivity contribution >= 4 is 112 Å². The third-order valence-corrected chi connectivity index (χ3v) is 14.3. The van der Waals surface area contributed by atoms with Crippen LogP contribution in [-0.2, 0) is 65.6 Å². The number of carboxylic acid groups (broad SMARTS) is 5. The summed E-state index contributed by atoms with van der Waals surface area (Å²) in [6, 6.07) is 14.3. The quantitative estimate of drug-likeness (QED) is 0.0212. The van der Waals surface area contributed by atoms with Gasteiger partial charge in [-0.25, -0.2) is 19.2 Å². The Hall–Kier alpha value is -15.3. The molecule has 0 saturated carbocycles. The van der Waals surface area contributed by atoms with Crippen LogP contribution in [0.25, 0.3) is 0 Å². The Bertz CT molecular complexity index is 4810. The minimum Gasteiger partial charge on any atom is -0.508 e. The van der Waals surface area contributed by atoms with Gasteiger partial charge in [0.1, 0.15) is 57.5 Å². The van der Waals surface area contributed by atoms with E-state index in [1.807, 2.05) is 0 Å². The lowest BCUT2D eigenvalue weighted by Crippen LogP contribution is -2.23. The molecule has 0 spiro atoms. The molecule has 5 amide bonds. The summed E-state index contributed by atoms with van der Waals surface area (Å²) >= 11 is 0. The molecule has 0 heterocycles. The molecule has 20 N–H and O–H groups in total. The number of hydrogen-bond acceptors (Lipinski definition) is 26. The zero-order valence-electron chi connectivity index (χ0n) is 51.7. The van der Waals surface area contributed by atoms with Gasteiger partial charge in [0.2, 0.25) is 0 Å². The number of aromatic hydroxyl groups is 10. The number of hydrogen-bond donors (Lipinski definition) is 20. The van der Waals surface area contributed by atoms with Crippen LogP contribution in [0.15, 0.2) is 115 Å². The zero-order valence-corrected chi connectivity index (χ0v) is 51.7. The van der Waals surface area contributed by atoms with E-state index in [0.717, 1.165) is 66.7 Å². The van der Waals surface area contributed by atoms with E-state index in [9.17, 15) is 144 Å². The summed E-state index contributed by atoms with van der Waals surface area (Å²) < 4.78 is 10.4. The van der Waals surface area contributed by atoms with Gasteiger partial charge >= 0.3 is 53.7 Å². The topological polar surface area (TPSA) is 621 Å². The number of carbonyl (C=O) groups excluding carboxylic acids is 9. The normalized spacial score (nSPS) is 10.7. The van der Waals surface area contributed by atoms with Gasteiger partial charge < -0.3 is 113 Å². The molecule has 0 aliphatic rings. The molecule has 0 aromatic heterocycles. The molecule has 8 rings (SSSR count). The first-order valence-corrected chi connectivity index (χ1v) is 28.8. The summed E-state index contributed by atoms with van der Waals surface area (Å²) in [5.74, 6) is -31.1. The number of esters is 4. The molecule has 0 bridgehead atoms. The third kappa shape index (κ3) is 17.9. The Morgan fingerprint density at radius 2 is 0.515 bits per heavy atom. The predicted molar refractivity (Wildman–Crippen MR) is 344 cm³/mol. The van der Waals surface area contributed by atoms with Gasteiger partial charge in [0.25, 0.3) is 29.5 Å². The largest absolute Gasteiger partial charge is 0.508 e. The van der Waals surface area contributed by atoms with Gasteiger partial charge in [0.15, 0.2) is 0 Å². The van der Waals surface area contributed by atoms with Crippen molar-refractivity contribution in [2.75, 3.05) is 26.6 Å². The average Bonchev–Trinajstić information content (AvgIpc) is 0.863. The molecule has 36 nitrogen and oxygen atoms in total. The number of rotatable bonds is 24. The lowest BCUT2D eigenvalue weighted by Gasteiger charge is -2.16. The summed E-state index contributed by atoms with van der Waals surface area (Å²) in [6.07, 6.45) is -4.75. The summed E-state index contributed by atoms with van der Waals surface area (Å²) in [5.41, 5.74) is -14.1. The van der Waals surface area contributed by atoms with Crippen LogP contribution in [0.2, 0.25) is 0 Å². The van der Waals surface area contributed by atoms with E-state index in [1.165, 1.54) is 0 Å². The molecule has 528 valence electrons. The maximum absolute atomic E-state index is 14.8. The SMILES string of the molecule is O=C(O)Cc1cc(O)cc(C(=O)Nc2cc(NC(=O)c3cc(O)cc(CC(=O)O)c3O)cc(C(=O)OC(=O)c3cccc(NC(=O)c4cc(O)cc(CC(=O)O)c4O)c3C(=O)OC(=O)c3cc(NC(=O)c4cc(O)cc(CC(=O)O)c4O)cc(NC(=O)c4cc(O)cc(CC(=O)O)c4O)c3)c2)c1O. The van der Waals surface area contributed by atoms with Crippen molar-refractivity contribution in [3.8, 4) is 57.5 Å². The van der Waals surface area contributed by atoms with Crippen molar-refractivity contribution < 1.29 is 153 Å². The Morgan fingerprint density at radius 1 is 0.272 bits per heavy atom. The van der Waals surface area contributed by atoms with Crippen LogP contribution in [0.3, 0.4) is 0 Å². The monoisotopic (exact) mass is 1420 g/mol. The van der Waals surface area contributed by atoms with E-state index in [0.29, 0.717) is 48.5 Å². The van der Waals surface area contributed by atoms with Gasteiger partial charge in [-0.1, -0.05) is 6.07 Å². The Kier molecular flexibility index (Phi) is 21.7. The fourth-order valence-electron chi connectivity index (χ4n) is 9.94. The second kappa shape index (κ2) is 30.4. The average molecular weight is 1420 g/mol. The Morgan fingerprint density at radius 3 is 0.767 bits per heavy atom. The highest BCUT2D eigenvalue weighted by Gasteiger charge is 2.32. The number of phenolic OH excluding ortho intramolecular Hbond substituents is 10. The maximum atomic E-state index is 14.8. The van der Waals surface area contributed by atoms with Crippen LogP contribution in [0.5, 0.6) is 57.5 Å². The number of anilines is 5. The maximum Gasteiger partial charge on any atom is 0.349 e. The van der Waals surface area contributed by atoms with Gasteiger partial charge in [-0.15, -0.1) is 0 Å². The van der Waals surface area contributed by atoms with Crippen LogP contribution in [0, 0.1) is 0 Å². The molecule has 0 aliphatic heterocycles. The molecule has 0 aliphatic carbocycles. The van der Waals surface area contributed by atoms with Gasteiger partial charge in [0, 0.05) is 50.6 Å². The van der Waals surface area contributed by atoms with E-state index < -0.39 is 279 Å². The molecule has 0 atom stereocenters. The Balaban J connectivity index is 1.22. The second-order valence-corrected chi connectivity index (χ2v) is 21.8. The van der Waals surface area contributed by atoms with E-state index in [4.69, 9.17) is 9.47 Å². The van der Waals surface area contributed by atoms with Crippen molar-refractivity contribution in [1.82, 2.24) is 0 Å². The minimum atomic E-state index is -2.02. The highest BCUT2D eigenvalue weighted by Crippen LogP contribution is 2.37. The molecule has 0 saturated heterocycles. The highest BCUT2D eigenvalue weighted by molar-refractivity contribution is 6.18. The molecular weight excluding hydrogens is 1370 g/mol. The van der Waals surface area contributed by atoms with E-state index >= 15 is 0 Å². The molecule has 8 aromatic rings. The number of phenols is 10. The predicted octanol–water partition coefficient (Wildman–Crippen LogP) is 5.13. The number of ether oxygens (including phenoxy) is 2. The van der Waals surface area contributed by atoms with Crippen molar-refractivity contribution in [2.45, 2.75) is 32.1 Å². The van der Waals surface area contributed by atoms with E-state index in [2.05, 4.69) is 26.6 Å². The minimum absolute atomic E-state index is 0.477. The van der Waals surface area contributed by atoms with Gasteiger partial charge in [0.05, 0.1) is 87.9 Å². The fourth-order valence-corrected chi connectivity index (χ4v) is 9.94. The lowest BCUT2D eigenvalue weighted by atomic mass is 10.0. The summed E-state index contributed by atoms with van der Waals surface area (Å²) in [7, 11) is 0. The molecular formula is C67H49N5O31. The number of aliphatic carboxylic acids is 5. The van der Waals surface area contributed by atoms with Gasteiger partial charge in [-0.3, -0.25) is 47.9 Å². The first-order valence-electron chi connectivity index (χ1n) is 28.8. The fraction of sp³-hybridized carbons (Fsp3) is 0.0746. The second-order valence-electron chi connectivity index (χ2n) is 21.8. The molecule has 0 radical (unpaired) electrons. The number of carboxylic acids is 5. The smallest absolute Gasteiger partial charge is 0.349 e. The van der Waals surface area contributed by atoms with Gasteiger partial charge in [-0.05, 0) is 109 Å². The van der Waals surface area contributed by atoms with Crippen LogP contribution in [0.4, 0.5) is 28.4 Å². The summed E-state index contributed by atoms with van der Waals surface area (Å²) in [4.78, 5) is 185. The van der Waals surface area contributed by atoms with Crippen molar-refractivity contribution in [3.63, 3.8) is 0 Å². The third-order valence-electron chi connectivity index (χ3n) is 14.3. The van der Waals surface area contributed by atoms with Crippen LogP contribution in [0.1, 0.15) is 121 Å². The van der Waals surface area contributed by atoms with Crippen LogP contribution >= 0.6 is 0 Å². The zero-order chi connectivity index (χ0) is 75.7. The molecule has 8 aromatic carbocycles. The number of nitrogens with one attached hydrogen (secondary N) is 5. The first kappa shape index (κ1) is 73.5. The van der Waals surface area contributed by atoms with Crippen molar-refractivity contribution in [3.05, 3.63) is 193 Å². The number of carbonyl (C=O) groups is 14. The first-order chi connectivity index (χ1) is 48.4. The van der Waals surface area contributed by atoms with E-state index in [-0.39, 0.29) is 0 Å². The standard InChI is InChI=1S/C67H49N5O31/c73-36-8-25(13-48(78)79)54(88)42(20-36)59(93)68-32-4-30(5-33(18-32)69-60(94)43-21-37(74)9-26(55(43)89)14-49(80)81)64(98)102-66(100)41-2-1-3-47(72-63(97)46-24-40(77)12-29(58(46)92)17-52(86)87)53(41)67(101)103-65(99)31-6-34(70-61(95)44-22-38(75)10-27(56(44)90)15-50(82)83)19-35(7-31)71-62(96)45-23-39(76)11-28(57(45)91)16-51(84)85/h1-12,18-24,73-77,88-92H,13-17H2,(H,68,93)(H,69,94)(H,70,95)(H,71,96)(H,72,97)(H,78,79)(H,80,81)(H,82,83)(H,84,85)(H,86,87). The van der Waals surface area contributed by atoms with E-state index in [1.54, 1.807) is 0 Å². The van der Waals surface area contributed by atoms with Crippen molar-refractivity contribution in [2.24, 2.45) is 0 Å². The molecule has 36 heteroatoms. The van der Waals surface area contributed by atoms with Crippen molar-refractivity contribution in [1.29, 1.82) is 0 Å². The molecule has 0 unspecified atom stereocenters. The molecule has 0 fully saturated rings. The van der Waals surface area contributed by atoms with Gasteiger partial charge in [-0.2, -0.15) is 0 Å². The number of benzene rings is 8. The van der Waals surface area contributed by atoms with Crippen LogP contribution in [-0.4, -0.2) is 160 Å². The summed E-state index contributed by atoms with van der Waals surface area (Å²) in [6.45, 7) is 0. The summed E-state index contributed by atoms with van der Waals surface area (Å²) in [5, 5.41) is 164. The highest BCUT2D eigenvalue weighted by atomic mass is 16.6. The van der Waals surface area contributed by atoms with Crippen LogP contribution < -0.4 is 26.6 Å². The lowest BCUT2D eigenvalue weighted by molar-refractivity contribution is -0.137.